The molecule has 3 N–H and O–H groups in total. The molecule has 4 nitrogen and oxygen atoms in total. The summed E-state index contributed by atoms with van der Waals surface area (Å²) >= 11 is 0. The maximum atomic E-state index is 12.4. The van der Waals surface area contributed by atoms with E-state index in [2.05, 4.69) is 11.6 Å². The van der Waals surface area contributed by atoms with Crippen LogP contribution in [0.4, 0.5) is 5.69 Å². The first kappa shape index (κ1) is 14.3. The summed E-state index contributed by atoms with van der Waals surface area (Å²) in [5, 5.41) is 0. The SMILES string of the molecule is CCCC1CC1NS(=O)(=O)c1c(C)cc(N)cc1C. The van der Waals surface area contributed by atoms with Crippen LogP contribution in [0.2, 0.25) is 0 Å². The van der Waals surface area contributed by atoms with Crippen molar-refractivity contribution in [1.82, 2.24) is 4.72 Å². The molecule has 2 atom stereocenters. The van der Waals surface area contributed by atoms with Gasteiger partial charge in [-0.15, -0.1) is 0 Å². The van der Waals surface area contributed by atoms with Crippen LogP contribution in [0.3, 0.4) is 0 Å². The maximum absolute atomic E-state index is 12.4. The van der Waals surface area contributed by atoms with Crippen molar-refractivity contribution in [1.29, 1.82) is 0 Å². The Bertz CT molecular complexity index is 558. The van der Waals surface area contributed by atoms with E-state index >= 15 is 0 Å². The maximum Gasteiger partial charge on any atom is 0.241 e. The molecule has 0 aromatic heterocycles. The summed E-state index contributed by atoms with van der Waals surface area (Å²) in [6, 6.07) is 3.52. The van der Waals surface area contributed by atoms with Crippen molar-refractivity contribution in [2.75, 3.05) is 5.73 Å². The topological polar surface area (TPSA) is 72.2 Å². The lowest BCUT2D eigenvalue weighted by Gasteiger charge is -2.13. The van der Waals surface area contributed by atoms with Crippen LogP contribution in [0.25, 0.3) is 0 Å². The normalized spacial score (nSPS) is 22.5. The molecule has 106 valence electrons. The molecule has 0 amide bonds. The lowest BCUT2D eigenvalue weighted by Crippen LogP contribution is -2.28. The number of hydrogen-bond donors (Lipinski definition) is 2. The van der Waals surface area contributed by atoms with Crippen LogP contribution in [0, 0.1) is 19.8 Å². The smallest absolute Gasteiger partial charge is 0.241 e. The van der Waals surface area contributed by atoms with Gasteiger partial charge >= 0.3 is 0 Å². The van der Waals surface area contributed by atoms with Gasteiger partial charge in [0, 0.05) is 11.7 Å². The Morgan fingerprint density at radius 3 is 2.42 bits per heavy atom. The third kappa shape index (κ3) is 3.09. The van der Waals surface area contributed by atoms with Crippen LogP contribution in [0.5, 0.6) is 0 Å². The van der Waals surface area contributed by atoms with E-state index in [0.29, 0.717) is 27.6 Å². The molecule has 0 heterocycles. The van der Waals surface area contributed by atoms with Crippen molar-refractivity contribution in [2.45, 2.75) is 51.0 Å². The molecule has 1 fully saturated rings. The minimum Gasteiger partial charge on any atom is -0.399 e. The molecule has 0 spiro atoms. The quantitative estimate of drug-likeness (QED) is 0.814. The van der Waals surface area contributed by atoms with Gasteiger partial charge in [-0.2, -0.15) is 0 Å². The second-order valence-electron chi connectivity index (χ2n) is 5.50. The highest BCUT2D eigenvalue weighted by atomic mass is 32.2. The lowest BCUT2D eigenvalue weighted by atomic mass is 10.1. The van der Waals surface area contributed by atoms with Crippen molar-refractivity contribution in [3.63, 3.8) is 0 Å². The van der Waals surface area contributed by atoms with Gasteiger partial charge in [-0.05, 0) is 55.9 Å². The molecule has 19 heavy (non-hydrogen) atoms. The average molecular weight is 282 g/mol. The monoisotopic (exact) mass is 282 g/mol. The fourth-order valence-electron chi connectivity index (χ4n) is 2.75. The van der Waals surface area contributed by atoms with Crippen LogP contribution in [0.15, 0.2) is 17.0 Å². The van der Waals surface area contributed by atoms with Gasteiger partial charge in [-0.3, -0.25) is 0 Å². The Labute approximate surface area is 115 Å². The largest absolute Gasteiger partial charge is 0.399 e. The zero-order chi connectivity index (χ0) is 14.2. The number of anilines is 1. The molecule has 0 radical (unpaired) electrons. The number of nitrogens with one attached hydrogen (secondary N) is 1. The predicted octanol–water partition coefficient (Wildman–Crippen LogP) is 2.35. The van der Waals surface area contributed by atoms with Crippen molar-refractivity contribution in [2.24, 2.45) is 5.92 Å². The summed E-state index contributed by atoms with van der Waals surface area (Å²) < 4.78 is 27.7. The van der Waals surface area contributed by atoms with Gasteiger partial charge in [-0.25, -0.2) is 13.1 Å². The molecule has 1 aliphatic carbocycles. The Morgan fingerprint density at radius 2 is 1.89 bits per heavy atom. The van der Waals surface area contributed by atoms with Gasteiger partial charge in [0.15, 0.2) is 0 Å². The van der Waals surface area contributed by atoms with Crippen LogP contribution < -0.4 is 10.5 Å². The molecule has 0 saturated heterocycles. The van der Waals surface area contributed by atoms with Crippen LogP contribution in [-0.2, 0) is 10.0 Å². The van der Waals surface area contributed by atoms with Crippen LogP contribution in [-0.4, -0.2) is 14.5 Å². The standard InChI is InChI=1S/C14H22N2O2S/c1-4-5-11-8-13(11)16-19(17,18)14-9(2)6-12(15)7-10(14)3/h6-7,11,13,16H,4-5,8,15H2,1-3H3. The molecule has 0 bridgehead atoms. The number of rotatable bonds is 5. The summed E-state index contributed by atoms with van der Waals surface area (Å²) in [4.78, 5) is 0.379. The summed E-state index contributed by atoms with van der Waals surface area (Å²) in [5.41, 5.74) is 7.75. The van der Waals surface area contributed by atoms with E-state index in [1.54, 1.807) is 26.0 Å². The van der Waals surface area contributed by atoms with Gasteiger partial charge in [0.2, 0.25) is 10.0 Å². The molecule has 1 saturated carbocycles. The molecular formula is C14H22N2O2S. The van der Waals surface area contributed by atoms with Gasteiger partial charge in [0.1, 0.15) is 0 Å². The van der Waals surface area contributed by atoms with Crippen molar-refractivity contribution in [3.8, 4) is 0 Å². The molecule has 5 heteroatoms. The fraction of sp³-hybridized carbons (Fsp3) is 0.571. The fourth-order valence-corrected chi connectivity index (χ4v) is 4.52. The second-order valence-corrected chi connectivity index (χ2v) is 7.15. The van der Waals surface area contributed by atoms with E-state index in [1.807, 2.05) is 0 Å². The number of nitrogen functional groups attached to an aromatic ring is 1. The van der Waals surface area contributed by atoms with Gasteiger partial charge in [0.05, 0.1) is 4.90 Å². The van der Waals surface area contributed by atoms with Crippen LogP contribution in [0.1, 0.15) is 37.3 Å². The molecule has 2 rings (SSSR count). The van der Waals surface area contributed by atoms with Crippen molar-refractivity contribution in [3.05, 3.63) is 23.3 Å². The minimum atomic E-state index is -3.43. The molecule has 1 aromatic rings. The third-order valence-electron chi connectivity index (χ3n) is 3.64. The second kappa shape index (κ2) is 5.13. The minimum absolute atomic E-state index is 0.112. The Kier molecular flexibility index (Phi) is 3.87. The van der Waals surface area contributed by atoms with E-state index < -0.39 is 10.0 Å². The average Bonchev–Trinajstić information content (AvgIpc) is 2.93. The molecule has 0 aliphatic heterocycles. The van der Waals surface area contributed by atoms with E-state index in [0.717, 1.165) is 19.3 Å². The zero-order valence-electron chi connectivity index (χ0n) is 11.7. The summed E-state index contributed by atoms with van der Waals surface area (Å²) in [5.74, 6) is 0.508. The Hall–Kier alpha value is -1.07. The van der Waals surface area contributed by atoms with Gasteiger partial charge < -0.3 is 5.73 Å². The molecular weight excluding hydrogens is 260 g/mol. The third-order valence-corrected chi connectivity index (χ3v) is 5.43. The molecule has 1 aromatic carbocycles. The number of nitrogens with two attached hydrogens (primary N) is 1. The van der Waals surface area contributed by atoms with E-state index in [1.165, 1.54) is 0 Å². The number of benzene rings is 1. The summed E-state index contributed by atoms with van der Waals surface area (Å²) in [6.45, 7) is 5.70. The highest BCUT2D eigenvalue weighted by Crippen LogP contribution is 2.36. The Balaban J connectivity index is 2.21. The number of aryl methyl sites for hydroxylation is 2. The molecule has 1 aliphatic rings. The summed E-state index contributed by atoms with van der Waals surface area (Å²) in [6.07, 6.45) is 3.15. The van der Waals surface area contributed by atoms with Gasteiger partial charge in [0.25, 0.3) is 0 Å². The zero-order valence-corrected chi connectivity index (χ0v) is 12.5. The number of hydrogen-bond acceptors (Lipinski definition) is 3. The molecule has 2 unspecified atom stereocenters. The van der Waals surface area contributed by atoms with E-state index in [4.69, 9.17) is 5.73 Å². The first-order valence-electron chi connectivity index (χ1n) is 6.74. The summed E-state index contributed by atoms with van der Waals surface area (Å²) in [7, 11) is -3.43. The van der Waals surface area contributed by atoms with Crippen LogP contribution >= 0.6 is 0 Å². The van der Waals surface area contributed by atoms with E-state index in [9.17, 15) is 8.42 Å². The highest BCUT2D eigenvalue weighted by Gasteiger charge is 2.39. The highest BCUT2D eigenvalue weighted by molar-refractivity contribution is 7.89. The van der Waals surface area contributed by atoms with Crippen molar-refractivity contribution < 1.29 is 8.42 Å². The first-order valence-corrected chi connectivity index (χ1v) is 8.22. The Morgan fingerprint density at radius 1 is 1.32 bits per heavy atom. The first-order chi connectivity index (χ1) is 8.85. The van der Waals surface area contributed by atoms with E-state index in [-0.39, 0.29) is 6.04 Å². The number of sulfonamides is 1. The predicted molar refractivity (Wildman–Crippen MR) is 77.5 cm³/mol. The van der Waals surface area contributed by atoms with Gasteiger partial charge in [-0.1, -0.05) is 13.3 Å². The lowest BCUT2D eigenvalue weighted by molar-refractivity contribution is 0.572. The van der Waals surface area contributed by atoms with Crippen molar-refractivity contribution >= 4 is 15.7 Å².